The lowest BCUT2D eigenvalue weighted by atomic mass is 9.95. The Kier molecular flexibility index (Phi) is 8.57. The Morgan fingerprint density at radius 2 is 1.65 bits per heavy atom. The Labute approximate surface area is 220 Å². The van der Waals surface area contributed by atoms with Crippen molar-refractivity contribution in [3.63, 3.8) is 0 Å². The Morgan fingerprint density at radius 3 is 2.27 bits per heavy atom. The van der Waals surface area contributed by atoms with Crippen LogP contribution in [0.3, 0.4) is 0 Å². The number of aromatic nitrogens is 1. The number of ether oxygens (including phenoxy) is 3. The molecule has 1 fully saturated rings. The summed E-state index contributed by atoms with van der Waals surface area (Å²) in [5, 5.41) is 11.2. The second-order valence-electron chi connectivity index (χ2n) is 10.5. The topological polar surface area (TPSA) is 69.9 Å². The molecule has 0 amide bonds. The molecule has 6 nitrogen and oxygen atoms in total. The van der Waals surface area contributed by atoms with Gasteiger partial charge in [-0.15, -0.1) is 0 Å². The molecule has 7 heteroatoms. The number of benzene rings is 2. The van der Waals surface area contributed by atoms with Crippen LogP contribution in [0.4, 0.5) is 0 Å². The second kappa shape index (κ2) is 11.7. The van der Waals surface area contributed by atoms with Crippen molar-refractivity contribution >= 4 is 13.3 Å². The highest BCUT2D eigenvalue weighted by molar-refractivity contribution is 6.91. The zero-order valence-electron chi connectivity index (χ0n) is 22.5. The molecule has 0 radical (unpaired) electrons. The molecule has 2 heterocycles. The molecule has 3 aromatic rings. The maximum absolute atomic E-state index is 12.6. The molecule has 0 aliphatic carbocycles. The third kappa shape index (κ3) is 5.69. The van der Waals surface area contributed by atoms with Crippen molar-refractivity contribution in [2.24, 2.45) is 5.92 Å². The smallest absolute Gasteiger partial charge is 0.297 e. The molecular weight excluding hydrogens is 482 g/mol. The number of rotatable bonds is 10. The molecule has 1 aliphatic rings. The molecule has 0 spiro atoms. The Morgan fingerprint density at radius 1 is 0.946 bits per heavy atom. The largest absolute Gasteiger partial charge is 0.497 e. The summed E-state index contributed by atoms with van der Waals surface area (Å²) in [5.41, 5.74) is 2.27. The minimum absolute atomic E-state index is 0.0658. The van der Waals surface area contributed by atoms with Gasteiger partial charge in [-0.3, -0.25) is 9.36 Å². The van der Waals surface area contributed by atoms with Gasteiger partial charge in [0.15, 0.2) is 5.75 Å². The van der Waals surface area contributed by atoms with Gasteiger partial charge in [0.25, 0.3) is 5.56 Å². The van der Waals surface area contributed by atoms with E-state index >= 15 is 0 Å². The summed E-state index contributed by atoms with van der Waals surface area (Å²) in [6.45, 7) is 7.30. The predicted molar refractivity (Wildman–Crippen MR) is 150 cm³/mol. The Bertz CT molecular complexity index is 1220. The third-order valence-corrected chi connectivity index (χ3v) is 12.4. The SMILES string of the molecule is COc1ccc([Si](C)(C)[C@@H]2[C@@H](C)[C@@H](CCc3ccc(-n4cccc(OC)c4=O)cc3)O[C@H]2CCO)cc1. The van der Waals surface area contributed by atoms with Crippen LogP contribution in [0.15, 0.2) is 71.7 Å². The number of aryl methyl sites for hydroxylation is 1. The van der Waals surface area contributed by atoms with E-state index in [1.165, 1.54) is 17.9 Å². The molecular formula is C30H39NO5Si. The minimum atomic E-state index is -1.89. The molecule has 198 valence electrons. The van der Waals surface area contributed by atoms with Crippen LogP contribution in [0.2, 0.25) is 18.6 Å². The fourth-order valence-corrected chi connectivity index (χ4v) is 10.1. The quantitative estimate of drug-likeness (QED) is 0.396. The number of hydrogen-bond donors (Lipinski definition) is 1. The van der Waals surface area contributed by atoms with Gasteiger partial charge in [0.05, 0.1) is 34.5 Å². The van der Waals surface area contributed by atoms with Crippen LogP contribution in [-0.2, 0) is 11.2 Å². The first-order valence-corrected chi connectivity index (χ1v) is 16.1. The first kappa shape index (κ1) is 27.2. The Balaban J connectivity index is 1.47. The maximum atomic E-state index is 12.6. The lowest BCUT2D eigenvalue weighted by Gasteiger charge is -2.36. The van der Waals surface area contributed by atoms with Gasteiger partial charge in [-0.05, 0) is 72.7 Å². The summed E-state index contributed by atoms with van der Waals surface area (Å²) in [6, 6.07) is 20.1. The van der Waals surface area contributed by atoms with Crippen molar-refractivity contribution in [1.29, 1.82) is 0 Å². The van der Waals surface area contributed by atoms with E-state index in [-0.39, 0.29) is 24.4 Å². The first-order chi connectivity index (χ1) is 17.8. The van der Waals surface area contributed by atoms with Crippen molar-refractivity contribution in [2.75, 3.05) is 20.8 Å². The monoisotopic (exact) mass is 521 g/mol. The summed E-state index contributed by atoms with van der Waals surface area (Å²) >= 11 is 0. The summed E-state index contributed by atoms with van der Waals surface area (Å²) < 4.78 is 18.8. The standard InChI is InChI=1S/C30H39NO5Si/c1-21-26(17-10-22-8-11-23(12-9-22)31-19-6-7-28(35-3)30(31)33)36-27(18-20-32)29(21)37(4,5)25-15-13-24(34-2)14-16-25/h6-9,11-16,19,21,26-27,29,32H,10,17-18,20H2,1-5H3/t21-,26+,27-,29+/m0/s1. The summed E-state index contributed by atoms with van der Waals surface area (Å²) in [7, 11) is 1.31. The molecule has 1 aromatic heterocycles. The van der Waals surface area contributed by atoms with E-state index in [1.807, 2.05) is 30.3 Å². The van der Waals surface area contributed by atoms with E-state index in [4.69, 9.17) is 14.2 Å². The second-order valence-corrected chi connectivity index (χ2v) is 15.2. The zero-order valence-corrected chi connectivity index (χ0v) is 23.5. The van der Waals surface area contributed by atoms with Crippen molar-refractivity contribution in [3.05, 3.63) is 82.8 Å². The van der Waals surface area contributed by atoms with Crippen LogP contribution in [0.25, 0.3) is 5.69 Å². The summed E-state index contributed by atoms with van der Waals surface area (Å²) in [4.78, 5) is 12.6. The minimum Gasteiger partial charge on any atom is -0.497 e. The fraction of sp³-hybridized carbons (Fsp3) is 0.433. The van der Waals surface area contributed by atoms with Gasteiger partial charge in [-0.2, -0.15) is 0 Å². The fourth-order valence-electron chi connectivity index (χ4n) is 6.01. The molecule has 37 heavy (non-hydrogen) atoms. The average Bonchev–Trinajstić information content (AvgIpc) is 3.23. The van der Waals surface area contributed by atoms with Gasteiger partial charge in [-0.25, -0.2) is 0 Å². The zero-order chi connectivity index (χ0) is 26.6. The van der Waals surface area contributed by atoms with E-state index in [2.05, 4.69) is 44.3 Å². The first-order valence-electron chi connectivity index (χ1n) is 13.1. The van der Waals surface area contributed by atoms with E-state index in [1.54, 1.807) is 23.9 Å². The lowest BCUT2D eigenvalue weighted by molar-refractivity contribution is 0.0196. The highest BCUT2D eigenvalue weighted by Crippen LogP contribution is 2.46. The number of aliphatic hydroxyl groups excluding tert-OH is 1. The third-order valence-electron chi connectivity index (χ3n) is 8.05. The van der Waals surface area contributed by atoms with E-state index < -0.39 is 8.07 Å². The van der Waals surface area contributed by atoms with Crippen LogP contribution < -0.4 is 20.2 Å². The van der Waals surface area contributed by atoms with Crippen molar-refractivity contribution in [1.82, 2.24) is 4.57 Å². The van der Waals surface area contributed by atoms with Gasteiger partial charge in [-0.1, -0.05) is 49.5 Å². The number of nitrogens with zero attached hydrogens (tertiary/aromatic N) is 1. The molecule has 0 unspecified atom stereocenters. The van der Waals surface area contributed by atoms with Crippen LogP contribution in [-0.4, -0.2) is 50.8 Å². The van der Waals surface area contributed by atoms with Gasteiger partial charge in [0.1, 0.15) is 5.75 Å². The molecule has 2 aromatic carbocycles. The van der Waals surface area contributed by atoms with E-state index in [0.717, 1.165) is 24.3 Å². The molecule has 1 saturated heterocycles. The number of hydrogen-bond acceptors (Lipinski definition) is 5. The van der Waals surface area contributed by atoms with Crippen LogP contribution in [0, 0.1) is 5.92 Å². The van der Waals surface area contributed by atoms with Crippen molar-refractivity contribution in [2.45, 2.75) is 57.0 Å². The molecule has 0 saturated carbocycles. The average molecular weight is 522 g/mol. The van der Waals surface area contributed by atoms with Crippen LogP contribution in [0.1, 0.15) is 25.3 Å². The van der Waals surface area contributed by atoms with Crippen molar-refractivity contribution < 1.29 is 19.3 Å². The summed E-state index contributed by atoms with van der Waals surface area (Å²) in [5.74, 6) is 1.60. The summed E-state index contributed by atoms with van der Waals surface area (Å²) in [6.07, 6.45) is 4.45. The normalized spacial score (nSPS) is 21.7. The van der Waals surface area contributed by atoms with Gasteiger partial charge < -0.3 is 19.3 Å². The Hall–Kier alpha value is -2.87. The number of aliphatic hydroxyl groups is 1. The maximum Gasteiger partial charge on any atom is 0.297 e. The van der Waals surface area contributed by atoms with Gasteiger partial charge >= 0.3 is 0 Å². The van der Waals surface area contributed by atoms with Gasteiger partial charge in [0, 0.05) is 18.5 Å². The number of pyridine rings is 1. The number of methoxy groups -OCH3 is 2. The van der Waals surface area contributed by atoms with E-state index in [0.29, 0.717) is 23.6 Å². The molecule has 0 bridgehead atoms. The highest BCUT2D eigenvalue weighted by Gasteiger charge is 2.50. The lowest BCUT2D eigenvalue weighted by Crippen LogP contribution is -2.50. The predicted octanol–water partition coefficient (Wildman–Crippen LogP) is 4.56. The van der Waals surface area contributed by atoms with Crippen LogP contribution >= 0.6 is 0 Å². The molecule has 1 aliphatic heterocycles. The van der Waals surface area contributed by atoms with Gasteiger partial charge in [0.2, 0.25) is 0 Å². The molecule has 4 rings (SSSR count). The molecule has 4 atom stereocenters. The molecule has 1 N–H and O–H groups in total. The van der Waals surface area contributed by atoms with Crippen molar-refractivity contribution in [3.8, 4) is 17.2 Å². The van der Waals surface area contributed by atoms with E-state index in [9.17, 15) is 9.90 Å². The van der Waals surface area contributed by atoms with Crippen LogP contribution in [0.5, 0.6) is 11.5 Å². The highest BCUT2D eigenvalue weighted by atomic mass is 28.3.